The summed E-state index contributed by atoms with van der Waals surface area (Å²) >= 11 is 0. The number of hydrogen-bond donors (Lipinski definition) is 0. The Labute approximate surface area is 243 Å². The summed E-state index contributed by atoms with van der Waals surface area (Å²) in [6, 6.07) is 53.9. The van der Waals surface area contributed by atoms with Gasteiger partial charge in [-0.05, 0) is 42.0 Å². The molecule has 8 rings (SSSR count). The summed E-state index contributed by atoms with van der Waals surface area (Å²) in [5.74, 6) is 0.0161. The van der Waals surface area contributed by atoms with Gasteiger partial charge >= 0.3 is 0 Å². The maximum absolute atomic E-state index is 13.5. The zero-order chi connectivity index (χ0) is 28.0. The number of fused-ring (bicyclic) bond motifs is 5. The van der Waals surface area contributed by atoms with Crippen molar-refractivity contribution in [3.63, 3.8) is 0 Å². The molecule has 0 radical (unpaired) electrons. The lowest BCUT2D eigenvalue weighted by molar-refractivity contribution is 0.103. The van der Waals surface area contributed by atoms with Gasteiger partial charge in [-0.3, -0.25) is 4.79 Å². The first-order valence-electron chi connectivity index (χ1n) is 14.2. The van der Waals surface area contributed by atoms with E-state index in [2.05, 4.69) is 118 Å². The molecule has 6 aromatic carbocycles. The van der Waals surface area contributed by atoms with Crippen molar-refractivity contribution < 1.29 is 4.79 Å². The number of benzene rings is 6. The molecule has 198 valence electrons. The normalized spacial score (nSPS) is 11.4. The minimum Gasteiger partial charge on any atom is -0.307 e. The number of carbonyl (C=O) groups is 1. The van der Waals surface area contributed by atoms with E-state index in [0.717, 1.165) is 44.6 Å². The summed E-state index contributed by atoms with van der Waals surface area (Å²) in [4.78, 5) is 13.5. The minimum absolute atomic E-state index is 0.0161. The van der Waals surface area contributed by atoms with E-state index >= 15 is 0 Å². The van der Waals surface area contributed by atoms with Gasteiger partial charge in [-0.2, -0.15) is 0 Å². The smallest absolute Gasteiger partial charge is 0.193 e. The maximum Gasteiger partial charge on any atom is 0.193 e. The van der Waals surface area contributed by atoms with Crippen LogP contribution in [0.1, 0.15) is 15.9 Å². The van der Waals surface area contributed by atoms with Crippen LogP contribution in [0.5, 0.6) is 0 Å². The zero-order valence-corrected chi connectivity index (χ0v) is 22.8. The third-order valence-electron chi connectivity index (χ3n) is 8.08. The monoisotopic (exact) mass is 538 g/mol. The molecule has 0 amide bonds. The Balaban J connectivity index is 1.49. The SMILES string of the molecule is O=C(c1ccccc1)c1cccc(-n2c3ccccc3c3ccc4cc(-c5ccccc5)n(-c5ccccc5)c4c32)c1. The highest BCUT2D eigenvalue weighted by atomic mass is 16.1. The highest BCUT2D eigenvalue weighted by molar-refractivity contribution is 6.19. The van der Waals surface area contributed by atoms with E-state index in [1.807, 2.05) is 48.5 Å². The van der Waals surface area contributed by atoms with Gasteiger partial charge in [-0.1, -0.05) is 121 Å². The molecule has 2 aromatic heterocycles. The molecule has 0 aliphatic heterocycles. The Bertz CT molecular complexity index is 2240. The van der Waals surface area contributed by atoms with Crippen molar-refractivity contribution in [3.05, 3.63) is 169 Å². The number of nitrogens with zero attached hydrogens (tertiary/aromatic N) is 2. The molecule has 42 heavy (non-hydrogen) atoms. The Hall–Kier alpha value is -5.67. The van der Waals surface area contributed by atoms with Gasteiger partial charge in [-0.25, -0.2) is 0 Å². The Morgan fingerprint density at radius 1 is 0.452 bits per heavy atom. The first-order chi connectivity index (χ1) is 20.8. The van der Waals surface area contributed by atoms with Crippen LogP contribution >= 0.6 is 0 Å². The molecule has 0 atom stereocenters. The molecular weight excluding hydrogens is 512 g/mol. The number of rotatable bonds is 5. The first kappa shape index (κ1) is 24.2. The molecule has 0 bridgehead atoms. The van der Waals surface area contributed by atoms with Gasteiger partial charge in [0.05, 0.1) is 22.2 Å². The first-order valence-corrected chi connectivity index (χ1v) is 14.2. The van der Waals surface area contributed by atoms with Crippen LogP contribution in [-0.2, 0) is 0 Å². The molecule has 0 aliphatic rings. The van der Waals surface area contributed by atoms with Crippen molar-refractivity contribution in [1.82, 2.24) is 9.13 Å². The number of carbonyl (C=O) groups excluding carboxylic acids is 1. The molecule has 0 fully saturated rings. The summed E-state index contributed by atoms with van der Waals surface area (Å²) in [6.45, 7) is 0. The van der Waals surface area contributed by atoms with Gasteiger partial charge in [0.1, 0.15) is 0 Å². The maximum atomic E-state index is 13.5. The fourth-order valence-corrected chi connectivity index (χ4v) is 6.22. The summed E-state index contributed by atoms with van der Waals surface area (Å²) in [5, 5.41) is 3.51. The van der Waals surface area contributed by atoms with Crippen LogP contribution in [0.15, 0.2) is 158 Å². The van der Waals surface area contributed by atoms with Crippen molar-refractivity contribution in [3.8, 4) is 22.6 Å². The van der Waals surface area contributed by atoms with Crippen molar-refractivity contribution in [2.75, 3.05) is 0 Å². The Morgan fingerprint density at radius 3 is 1.88 bits per heavy atom. The predicted molar refractivity (Wildman–Crippen MR) is 173 cm³/mol. The molecule has 0 N–H and O–H groups in total. The second-order valence-electron chi connectivity index (χ2n) is 10.6. The van der Waals surface area contributed by atoms with E-state index in [-0.39, 0.29) is 5.78 Å². The molecule has 0 aliphatic carbocycles. The van der Waals surface area contributed by atoms with Crippen LogP contribution < -0.4 is 0 Å². The van der Waals surface area contributed by atoms with Crippen LogP contribution in [0.3, 0.4) is 0 Å². The van der Waals surface area contributed by atoms with E-state index in [1.165, 1.54) is 10.8 Å². The van der Waals surface area contributed by atoms with Gasteiger partial charge in [0.2, 0.25) is 0 Å². The van der Waals surface area contributed by atoms with Crippen LogP contribution in [0.25, 0.3) is 55.3 Å². The van der Waals surface area contributed by atoms with Gasteiger partial charge in [0.15, 0.2) is 5.78 Å². The molecule has 3 nitrogen and oxygen atoms in total. The second-order valence-corrected chi connectivity index (χ2v) is 10.6. The van der Waals surface area contributed by atoms with Crippen LogP contribution in [0.4, 0.5) is 0 Å². The molecule has 2 heterocycles. The molecular formula is C39H26N2O. The average molecular weight is 539 g/mol. The topological polar surface area (TPSA) is 26.9 Å². The lowest BCUT2D eigenvalue weighted by atomic mass is 10.0. The molecule has 0 spiro atoms. The summed E-state index contributed by atoms with van der Waals surface area (Å²) in [6.07, 6.45) is 0. The van der Waals surface area contributed by atoms with E-state index in [9.17, 15) is 4.79 Å². The molecule has 8 aromatic rings. The Morgan fingerprint density at radius 2 is 1.10 bits per heavy atom. The highest BCUT2D eigenvalue weighted by Crippen LogP contribution is 2.41. The Kier molecular flexibility index (Phi) is 5.61. The van der Waals surface area contributed by atoms with E-state index in [0.29, 0.717) is 11.1 Å². The fraction of sp³-hybridized carbons (Fsp3) is 0. The van der Waals surface area contributed by atoms with Gasteiger partial charge in [0.25, 0.3) is 0 Å². The van der Waals surface area contributed by atoms with Gasteiger partial charge < -0.3 is 9.13 Å². The minimum atomic E-state index is 0.0161. The standard InChI is InChI=1S/C39H26N2O/c42-39(28-15-6-2-7-16-28)30-17-12-20-32(25-30)41-35-22-11-10-21-33(35)34-24-23-29-26-36(27-13-4-1-5-14-27)40(37(29)38(34)41)31-18-8-3-9-19-31/h1-26H. The average Bonchev–Trinajstić information content (AvgIpc) is 3.62. The number of ketones is 1. The summed E-state index contributed by atoms with van der Waals surface area (Å²) in [7, 11) is 0. The molecule has 0 saturated heterocycles. The van der Waals surface area contributed by atoms with Crippen molar-refractivity contribution in [1.29, 1.82) is 0 Å². The second kappa shape index (κ2) is 9.76. The lowest BCUT2D eigenvalue weighted by Gasteiger charge is -2.15. The van der Waals surface area contributed by atoms with E-state index in [1.54, 1.807) is 0 Å². The van der Waals surface area contributed by atoms with Crippen molar-refractivity contribution in [2.24, 2.45) is 0 Å². The van der Waals surface area contributed by atoms with Gasteiger partial charge in [-0.15, -0.1) is 0 Å². The summed E-state index contributed by atoms with van der Waals surface area (Å²) in [5.41, 5.74) is 9.05. The third-order valence-corrected chi connectivity index (χ3v) is 8.08. The van der Waals surface area contributed by atoms with Crippen LogP contribution in [-0.4, -0.2) is 14.9 Å². The molecule has 0 saturated carbocycles. The van der Waals surface area contributed by atoms with E-state index < -0.39 is 0 Å². The largest absolute Gasteiger partial charge is 0.307 e. The fourth-order valence-electron chi connectivity index (χ4n) is 6.22. The molecule has 3 heteroatoms. The predicted octanol–water partition coefficient (Wildman–Crippen LogP) is 9.63. The number of aromatic nitrogens is 2. The van der Waals surface area contributed by atoms with Crippen LogP contribution in [0, 0.1) is 0 Å². The summed E-state index contributed by atoms with van der Waals surface area (Å²) < 4.78 is 4.70. The van der Waals surface area contributed by atoms with Crippen LogP contribution in [0.2, 0.25) is 0 Å². The number of hydrogen-bond acceptors (Lipinski definition) is 1. The van der Waals surface area contributed by atoms with Crippen molar-refractivity contribution in [2.45, 2.75) is 0 Å². The molecule has 0 unspecified atom stereocenters. The van der Waals surface area contributed by atoms with Gasteiger partial charge in [0, 0.05) is 38.7 Å². The van der Waals surface area contributed by atoms with Crippen molar-refractivity contribution >= 4 is 38.5 Å². The quantitative estimate of drug-likeness (QED) is 0.200. The number of para-hydroxylation sites is 2. The zero-order valence-electron chi connectivity index (χ0n) is 22.8. The third kappa shape index (κ3) is 3.79. The highest BCUT2D eigenvalue weighted by Gasteiger charge is 2.21. The van der Waals surface area contributed by atoms with E-state index in [4.69, 9.17) is 0 Å². The lowest BCUT2D eigenvalue weighted by Crippen LogP contribution is -2.04.